The van der Waals surface area contributed by atoms with Crippen LogP contribution in [0.3, 0.4) is 0 Å². The molecule has 0 saturated heterocycles. The Kier molecular flexibility index (Phi) is 4.48. The summed E-state index contributed by atoms with van der Waals surface area (Å²) < 4.78 is 0. The van der Waals surface area contributed by atoms with E-state index in [1.807, 2.05) is 23.9 Å². The van der Waals surface area contributed by atoms with Crippen molar-refractivity contribution in [3.8, 4) is 0 Å². The van der Waals surface area contributed by atoms with Gasteiger partial charge in [-0.15, -0.1) is 11.8 Å². The number of hydrogen-bond donors (Lipinski definition) is 2. The molecule has 0 aliphatic carbocycles. The summed E-state index contributed by atoms with van der Waals surface area (Å²) in [4.78, 5) is 1.28. The number of nitrogens with one attached hydrogen (secondary N) is 1. The molecule has 0 bridgehead atoms. The van der Waals surface area contributed by atoms with Crippen molar-refractivity contribution in [3.63, 3.8) is 0 Å². The molecule has 0 amide bonds. The maximum Gasteiger partial charge on any atom is 0.0763 e. The summed E-state index contributed by atoms with van der Waals surface area (Å²) in [5.74, 6) is 1.09. The molecule has 2 nitrogen and oxygen atoms in total. The van der Waals surface area contributed by atoms with Crippen molar-refractivity contribution in [3.05, 3.63) is 24.3 Å². The lowest BCUT2D eigenvalue weighted by molar-refractivity contribution is 0.0945. The number of hydrogen-bond acceptors (Lipinski definition) is 3. The summed E-state index contributed by atoms with van der Waals surface area (Å²) >= 11 is 1.83. The van der Waals surface area contributed by atoms with Crippen LogP contribution in [0.5, 0.6) is 0 Å². The molecule has 84 valence electrons. The van der Waals surface area contributed by atoms with Gasteiger partial charge in [0.25, 0.3) is 0 Å². The SMILES string of the molecule is CCSc1ccc(NCC(C)(C)O)cc1. The number of aliphatic hydroxyl groups is 1. The van der Waals surface area contributed by atoms with Gasteiger partial charge in [-0.1, -0.05) is 6.92 Å². The first kappa shape index (κ1) is 12.4. The van der Waals surface area contributed by atoms with Gasteiger partial charge in [0.1, 0.15) is 0 Å². The second kappa shape index (κ2) is 5.42. The summed E-state index contributed by atoms with van der Waals surface area (Å²) in [5.41, 5.74) is 0.384. The fourth-order valence-electron chi connectivity index (χ4n) is 1.15. The molecule has 1 aromatic rings. The molecule has 0 heterocycles. The summed E-state index contributed by atoms with van der Waals surface area (Å²) in [7, 11) is 0. The Morgan fingerprint density at radius 1 is 1.27 bits per heavy atom. The smallest absolute Gasteiger partial charge is 0.0763 e. The lowest BCUT2D eigenvalue weighted by Gasteiger charge is -2.18. The van der Waals surface area contributed by atoms with E-state index in [1.54, 1.807) is 13.8 Å². The van der Waals surface area contributed by atoms with Gasteiger partial charge in [0, 0.05) is 17.1 Å². The lowest BCUT2D eigenvalue weighted by Crippen LogP contribution is -2.29. The number of thioether (sulfide) groups is 1. The molecular weight excluding hydrogens is 206 g/mol. The van der Waals surface area contributed by atoms with E-state index >= 15 is 0 Å². The third-order valence-corrected chi connectivity index (χ3v) is 2.78. The van der Waals surface area contributed by atoms with Crippen LogP contribution in [0.25, 0.3) is 0 Å². The third kappa shape index (κ3) is 5.09. The van der Waals surface area contributed by atoms with Crippen molar-refractivity contribution in [1.29, 1.82) is 0 Å². The van der Waals surface area contributed by atoms with Crippen LogP contribution in [0.15, 0.2) is 29.2 Å². The molecule has 2 N–H and O–H groups in total. The molecule has 0 aliphatic heterocycles. The standard InChI is InChI=1S/C12H19NOS/c1-4-15-11-7-5-10(6-8-11)13-9-12(2,3)14/h5-8,13-14H,4,9H2,1-3H3. The molecule has 0 spiro atoms. The minimum Gasteiger partial charge on any atom is -0.389 e. The van der Waals surface area contributed by atoms with Gasteiger partial charge in [-0.25, -0.2) is 0 Å². The highest BCUT2D eigenvalue weighted by atomic mass is 32.2. The Morgan fingerprint density at radius 2 is 1.87 bits per heavy atom. The monoisotopic (exact) mass is 225 g/mol. The third-order valence-electron chi connectivity index (χ3n) is 1.89. The van der Waals surface area contributed by atoms with Crippen molar-refractivity contribution in [1.82, 2.24) is 0 Å². The number of rotatable bonds is 5. The highest BCUT2D eigenvalue weighted by Crippen LogP contribution is 2.20. The van der Waals surface area contributed by atoms with Crippen LogP contribution >= 0.6 is 11.8 Å². The first-order chi connectivity index (χ1) is 7.01. The average molecular weight is 225 g/mol. The molecule has 0 aliphatic rings. The van der Waals surface area contributed by atoms with E-state index < -0.39 is 5.60 Å². The van der Waals surface area contributed by atoms with Gasteiger partial charge in [0.15, 0.2) is 0 Å². The van der Waals surface area contributed by atoms with Gasteiger partial charge in [0.05, 0.1) is 5.60 Å². The summed E-state index contributed by atoms with van der Waals surface area (Å²) in [6.45, 7) is 6.29. The second-order valence-corrected chi connectivity index (χ2v) is 5.46. The van der Waals surface area contributed by atoms with Gasteiger partial charge >= 0.3 is 0 Å². The van der Waals surface area contributed by atoms with Crippen LogP contribution in [0.2, 0.25) is 0 Å². The highest BCUT2D eigenvalue weighted by Gasteiger charge is 2.11. The Balaban J connectivity index is 2.50. The maximum absolute atomic E-state index is 9.55. The average Bonchev–Trinajstić information content (AvgIpc) is 2.16. The summed E-state index contributed by atoms with van der Waals surface area (Å²) in [6.07, 6.45) is 0. The fraction of sp³-hybridized carbons (Fsp3) is 0.500. The minimum absolute atomic E-state index is 0.563. The van der Waals surface area contributed by atoms with Gasteiger partial charge in [-0.05, 0) is 43.9 Å². The van der Waals surface area contributed by atoms with Crippen molar-refractivity contribution >= 4 is 17.4 Å². The molecule has 3 heteroatoms. The Morgan fingerprint density at radius 3 is 2.33 bits per heavy atom. The van der Waals surface area contributed by atoms with Gasteiger partial charge in [-0.2, -0.15) is 0 Å². The van der Waals surface area contributed by atoms with Crippen LogP contribution < -0.4 is 5.32 Å². The second-order valence-electron chi connectivity index (χ2n) is 4.12. The van der Waals surface area contributed by atoms with Crippen LogP contribution in [-0.2, 0) is 0 Å². The summed E-state index contributed by atoms with van der Waals surface area (Å²) in [5, 5.41) is 12.7. The zero-order valence-corrected chi connectivity index (χ0v) is 10.4. The first-order valence-electron chi connectivity index (χ1n) is 5.20. The molecule has 0 atom stereocenters. The van der Waals surface area contributed by atoms with Crippen LogP contribution in [0.1, 0.15) is 20.8 Å². The normalized spacial score (nSPS) is 11.5. The van der Waals surface area contributed by atoms with Crippen LogP contribution in [-0.4, -0.2) is 23.0 Å². The van der Waals surface area contributed by atoms with E-state index in [1.165, 1.54) is 4.90 Å². The van der Waals surface area contributed by atoms with Crippen LogP contribution in [0.4, 0.5) is 5.69 Å². The number of anilines is 1. The van der Waals surface area contributed by atoms with Crippen LogP contribution in [0, 0.1) is 0 Å². The quantitative estimate of drug-likeness (QED) is 0.756. The van der Waals surface area contributed by atoms with E-state index in [2.05, 4.69) is 24.4 Å². The predicted octanol–water partition coefficient (Wildman–Crippen LogP) is 2.98. The maximum atomic E-state index is 9.55. The fourth-order valence-corrected chi connectivity index (χ4v) is 1.82. The highest BCUT2D eigenvalue weighted by molar-refractivity contribution is 7.99. The molecule has 1 aromatic carbocycles. The van der Waals surface area contributed by atoms with E-state index in [0.717, 1.165) is 11.4 Å². The molecule has 15 heavy (non-hydrogen) atoms. The lowest BCUT2D eigenvalue weighted by atomic mass is 10.1. The van der Waals surface area contributed by atoms with Crippen molar-refractivity contribution < 1.29 is 5.11 Å². The zero-order valence-electron chi connectivity index (χ0n) is 9.58. The molecular formula is C12H19NOS. The first-order valence-corrected chi connectivity index (χ1v) is 6.19. The Labute approximate surface area is 96.1 Å². The van der Waals surface area contributed by atoms with Gasteiger partial charge < -0.3 is 10.4 Å². The largest absolute Gasteiger partial charge is 0.389 e. The van der Waals surface area contributed by atoms with Gasteiger partial charge in [0.2, 0.25) is 0 Å². The van der Waals surface area contributed by atoms with Crippen molar-refractivity contribution in [2.24, 2.45) is 0 Å². The molecule has 1 rings (SSSR count). The van der Waals surface area contributed by atoms with E-state index in [-0.39, 0.29) is 0 Å². The molecule has 0 fully saturated rings. The van der Waals surface area contributed by atoms with Crippen molar-refractivity contribution in [2.45, 2.75) is 31.3 Å². The molecule has 0 radical (unpaired) electrons. The number of benzene rings is 1. The topological polar surface area (TPSA) is 32.3 Å². The molecule has 0 saturated carbocycles. The predicted molar refractivity (Wildman–Crippen MR) is 67.6 cm³/mol. The summed E-state index contributed by atoms with van der Waals surface area (Å²) in [6, 6.07) is 8.29. The minimum atomic E-state index is -0.670. The van der Waals surface area contributed by atoms with E-state index in [4.69, 9.17) is 0 Å². The van der Waals surface area contributed by atoms with E-state index in [9.17, 15) is 5.11 Å². The van der Waals surface area contributed by atoms with Gasteiger partial charge in [-0.3, -0.25) is 0 Å². The Hall–Kier alpha value is -0.670. The van der Waals surface area contributed by atoms with Crippen molar-refractivity contribution in [2.75, 3.05) is 17.6 Å². The van der Waals surface area contributed by atoms with E-state index in [0.29, 0.717) is 6.54 Å². The molecule has 0 unspecified atom stereocenters. The molecule has 0 aromatic heterocycles. The zero-order chi connectivity index (χ0) is 11.3. The Bertz CT molecular complexity index is 289.